The van der Waals surface area contributed by atoms with E-state index in [1.54, 1.807) is 0 Å². The van der Waals surface area contributed by atoms with Gasteiger partial charge in [-0.15, -0.1) is 0 Å². The number of carbonyl (C=O) groups is 1. The first-order valence-electron chi connectivity index (χ1n) is 4.88. The Morgan fingerprint density at radius 1 is 1.33 bits per heavy atom. The van der Waals surface area contributed by atoms with Crippen LogP contribution in [0.25, 0.3) is 0 Å². The third-order valence-corrected chi connectivity index (χ3v) is 1.82. The van der Waals surface area contributed by atoms with Crippen molar-refractivity contribution < 1.29 is 14.6 Å². The summed E-state index contributed by atoms with van der Waals surface area (Å²) >= 11 is 0. The van der Waals surface area contributed by atoms with E-state index in [0.29, 0.717) is 13.0 Å². The van der Waals surface area contributed by atoms with Crippen molar-refractivity contribution in [2.75, 3.05) is 13.2 Å². The van der Waals surface area contributed by atoms with E-state index >= 15 is 0 Å². The second kappa shape index (κ2) is 6.84. The van der Waals surface area contributed by atoms with Gasteiger partial charge in [-0.25, -0.2) is 4.79 Å². The highest BCUT2D eigenvalue weighted by Crippen LogP contribution is 1.97. The Morgan fingerprint density at radius 2 is 2.07 bits per heavy atom. The molecule has 4 nitrogen and oxygen atoms in total. The lowest BCUT2D eigenvalue weighted by Gasteiger charge is -2.05. The van der Waals surface area contributed by atoms with Crippen LogP contribution in [0, 0.1) is 0 Å². The third-order valence-electron chi connectivity index (χ3n) is 1.82. The molecule has 0 aliphatic heterocycles. The van der Waals surface area contributed by atoms with Crippen LogP contribution in [-0.4, -0.2) is 24.4 Å². The number of benzene rings is 1. The largest absolute Gasteiger partial charge is 0.449 e. The minimum Gasteiger partial charge on any atom is -0.449 e. The number of carbonyl (C=O) groups excluding carboxylic acids is 1. The number of nitrogens with one attached hydrogen (secondary N) is 1. The van der Waals surface area contributed by atoms with E-state index in [-0.39, 0.29) is 13.2 Å². The Bertz CT molecular complexity index is 287. The standard InChI is InChI=1S/C11H15NO3/c13-7-4-8-15-11(14)12-9-10-5-2-1-3-6-10/h1-3,5-6,13H,4,7-9H2,(H,12,14). The minimum absolute atomic E-state index is 0.0337. The van der Waals surface area contributed by atoms with Gasteiger partial charge in [0.05, 0.1) is 6.61 Å². The minimum atomic E-state index is -0.452. The van der Waals surface area contributed by atoms with Crippen LogP contribution in [0.4, 0.5) is 4.79 Å². The molecule has 0 unspecified atom stereocenters. The molecule has 4 heteroatoms. The number of ether oxygens (including phenoxy) is 1. The predicted molar refractivity (Wildman–Crippen MR) is 56.3 cm³/mol. The zero-order valence-electron chi connectivity index (χ0n) is 8.48. The van der Waals surface area contributed by atoms with Gasteiger partial charge in [-0.05, 0) is 5.56 Å². The van der Waals surface area contributed by atoms with Crippen LogP contribution in [-0.2, 0) is 11.3 Å². The van der Waals surface area contributed by atoms with E-state index < -0.39 is 6.09 Å². The second-order valence-electron chi connectivity index (χ2n) is 3.05. The third kappa shape index (κ3) is 5.02. The maximum atomic E-state index is 11.1. The molecule has 0 aliphatic rings. The molecule has 0 atom stereocenters. The molecule has 0 heterocycles. The van der Waals surface area contributed by atoms with Crippen LogP contribution in [0.2, 0.25) is 0 Å². The van der Waals surface area contributed by atoms with Gasteiger partial charge in [0, 0.05) is 19.6 Å². The van der Waals surface area contributed by atoms with Gasteiger partial charge >= 0.3 is 6.09 Å². The van der Waals surface area contributed by atoms with Crippen molar-refractivity contribution in [2.24, 2.45) is 0 Å². The van der Waals surface area contributed by atoms with Crippen molar-refractivity contribution in [1.29, 1.82) is 0 Å². The summed E-state index contributed by atoms with van der Waals surface area (Å²) < 4.78 is 4.79. The molecule has 15 heavy (non-hydrogen) atoms. The summed E-state index contributed by atoms with van der Waals surface area (Å²) in [5, 5.41) is 11.1. The summed E-state index contributed by atoms with van der Waals surface area (Å²) in [6.45, 7) is 0.738. The van der Waals surface area contributed by atoms with Crippen molar-refractivity contribution in [1.82, 2.24) is 5.32 Å². The van der Waals surface area contributed by atoms with Crippen molar-refractivity contribution in [2.45, 2.75) is 13.0 Å². The molecule has 1 aromatic rings. The Balaban J connectivity index is 2.17. The average Bonchev–Trinajstić information content (AvgIpc) is 2.28. The fourth-order valence-corrected chi connectivity index (χ4v) is 1.05. The SMILES string of the molecule is O=C(NCc1ccccc1)OCCCO. The number of hydrogen-bond donors (Lipinski definition) is 2. The predicted octanol–water partition coefficient (Wildman–Crippen LogP) is 1.30. The van der Waals surface area contributed by atoms with Crippen molar-refractivity contribution in [3.05, 3.63) is 35.9 Å². The monoisotopic (exact) mass is 209 g/mol. The number of aliphatic hydroxyl groups is 1. The number of rotatable bonds is 5. The molecule has 1 aromatic carbocycles. The molecule has 1 rings (SSSR count). The summed E-state index contributed by atoms with van der Waals surface area (Å²) in [6.07, 6.45) is 0.0194. The first-order chi connectivity index (χ1) is 7.33. The molecular formula is C11H15NO3. The molecule has 1 amide bonds. The lowest BCUT2D eigenvalue weighted by atomic mass is 10.2. The van der Waals surface area contributed by atoms with Gasteiger partial charge < -0.3 is 15.2 Å². The second-order valence-corrected chi connectivity index (χ2v) is 3.05. The molecule has 0 saturated carbocycles. The van der Waals surface area contributed by atoms with Gasteiger partial charge in [-0.1, -0.05) is 30.3 Å². The van der Waals surface area contributed by atoms with Gasteiger partial charge in [0.15, 0.2) is 0 Å². The normalized spacial score (nSPS) is 9.67. The van der Waals surface area contributed by atoms with Crippen LogP contribution >= 0.6 is 0 Å². The molecular weight excluding hydrogens is 194 g/mol. The van der Waals surface area contributed by atoms with E-state index in [9.17, 15) is 4.79 Å². The van der Waals surface area contributed by atoms with E-state index in [2.05, 4.69) is 5.32 Å². The summed E-state index contributed by atoms with van der Waals surface area (Å²) in [5.74, 6) is 0. The Labute approximate surface area is 88.9 Å². The van der Waals surface area contributed by atoms with Crippen LogP contribution in [0.3, 0.4) is 0 Å². The van der Waals surface area contributed by atoms with Gasteiger partial charge in [0.25, 0.3) is 0 Å². The van der Waals surface area contributed by atoms with Gasteiger partial charge in [-0.2, -0.15) is 0 Å². The van der Waals surface area contributed by atoms with Crippen molar-refractivity contribution >= 4 is 6.09 Å². The highest BCUT2D eigenvalue weighted by molar-refractivity contribution is 5.67. The molecule has 2 N–H and O–H groups in total. The van der Waals surface area contributed by atoms with E-state index in [1.807, 2.05) is 30.3 Å². The Kier molecular flexibility index (Phi) is 5.25. The quantitative estimate of drug-likeness (QED) is 0.718. The summed E-state index contributed by atoms with van der Waals surface area (Å²) in [7, 11) is 0. The first kappa shape index (κ1) is 11.5. The van der Waals surface area contributed by atoms with E-state index in [1.165, 1.54) is 0 Å². The summed E-state index contributed by atoms with van der Waals surface area (Å²) in [6, 6.07) is 9.59. The van der Waals surface area contributed by atoms with Crippen LogP contribution in [0.1, 0.15) is 12.0 Å². The highest BCUT2D eigenvalue weighted by atomic mass is 16.5. The molecule has 0 aliphatic carbocycles. The molecule has 0 aromatic heterocycles. The maximum Gasteiger partial charge on any atom is 0.407 e. The fourth-order valence-electron chi connectivity index (χ4n) is 1.05. The zero-order chi connectivity index (χ0) is 10.9. The number of alkyl carbamates (subject to hydrolysis) is 1. The van der Waals surface area contributed by atoms with Gasteiger partial charge in [-0.3, -0.25) is 0 Å². The van der Waals surface area contributed by atoms with E-state index in [4.69, 9.17) is 9.84 Å². The topological polar surface area (TPSA) is 58.6 Å². The van der Waals surface area contributed by atoms with Gasteiger partial charge in [0.1, 0.15) is 0 Å². The number of amides is 1. The highest BCUT2D eigenvalue weighted by Gasteiger charge is 2.00. The Hall–Kier alpha value is -1.55. The molecule has 82 valence electrons. The summed E-state index contributed by atoms with van der Waals surface area (Å²) in [5.41, 5.74) is 1.02. The van der Waals surface area contributed by atoms with Crippen molar-refractivity contribution in [3.63, 3.8) is 0 Å². The molecule has 0 saturated heterocycles. The number of hydrogen-bond acceptors (Lipinski definition) is 3. The first-order valence-corrected chi connectivity index (χ1v) is 4.88. The van der Waals surface area contributed by atoms with Crippen molar-refractivity contribution in [3.8, 4) is 0 Å². The molecule has 0 bridgehead atoms. The number of aliphatic hydroxyl groups excluding tert-OH is 1. The summed E-state index contributed by atoms with van der Waals surface area (Å²) in [4.78, 5) is 11.1. The zero-order valence-corrected chi connectivity index (χ0v) is 8.48. The lowest BCUT2D eigenvalue weighted by molar-refractivity contribution is 0.135. The van der Waals surface area contributed by atoms with Crippen LogP contribution in [0.5, 0.6) is 0 Å². The van der Waals surface area contributed by atoms with Crippen LogP contribution in [0.15, 0.2) is 30.3 Å². The molecule has 0 radical (unpaired) electrons. The maximum absolute atomic E-state index is 11.1. The molecule has 0 fully saturated rings. The smallest absolute Gasteiger partial charge is 0.407 e. The Morgan fingerprint density at radius 3 is 2.73 bits per heavy atom. The van der Waals surface area contributed by atoms with E-state index in [0.717, 1.165) is 5.56 Å². The molecule has 0 spiro atoms. The van der Waals surface area contributed by atoms with Crippen LogP contribution < -0.4 is 5.32 Å². The average molecular weight is 209 g/mol. The lowest BCUT2D eigenvalue weighted by Crippen LogP contribution is -2.24. The fraction of sp³-hybridized carbons (Fsp3) is 0.364. The van der Waals surface area contributed by atoms with Gasteiger partial charge in [0.2, 0.25) is 0 Å².